The number of nitrogens with zero attached hydrogens (tertiary/aromatic N) is 3. The zero-order valence-electron chi connectivity index (χ0n) is 12.6. The SMILES string of the molecule is O=C(c1nc(-c2ccc(F)cc2)c2ccccn12)N1CCCC1. The van der Waals surface area contributed by atoms with E-state index in [0.29, 0.717) is 11.5 Å². The van der Waals surface area contributed by atoms with Crippen LogP contribution in [0.15, 0.2) is 48.7 Å². The molecule has 23 heavy (non-hydrogen) atoms. The molecule has 1 aromatic carbocycles. The summed E-state index contributed by atoms with van der Waals surface area (Å²) < 4.78 is 15.0. The number of fused-ring (bicyclic) bond motifs is 1. The van der Waals surface area contributed by atoms with Crippen LogP contribution in [-0.2, 0) is 0 Å². The molecule has 4 nitrogen and oxygen atoms in total. The lowest BCUT2D eigenvalue weighted by atomic mass is 10.1. The van der Waals surface area contributed by atoms with E-state index < -0.39 is 0 Å². The molecule has 0 spiro atoms. The monoisotopic (exact) mass is 309 g/mol. The van der Waals surface area contributed by atoms with E-state index in [0.717, 1.165) is 37.0 Å². The third kappa shape index (κ3) is 2.38. The summed E-state index contributed by atoms with van der Waals surface area (Å²) in [7, 11) is 0. The van der Waals surface area contributed by atoms with Crippen LogP contribution in [0.5, 0.6) is 0 Å². The molecular weight excluding hydrogens is 293 g/mol. The summed E-state index contributed by atoms with van der Waals surface area (Å²) in [6.07, 6.45) is 3.93. The molecule has 3 heterocycles. The molecule has 1 aliphatic heterocycles. The Bertz CT molecular complexity index is 864. The first-order chi connectivity index (χ1) is 11.2. The molecule has 0 saturated carbocycles. The molecule has 3 aromatic rings. The van der Waals surface area contributed by atoms with Crippen molar-refractivity contribution in [2.75, 3.05) is 13.1 Å². The Morgan fingerprint density at radius 3 is 2.52 bits per heavy atom. The van der Waals surface area contributed by atoms with E-state index in [1.165, 1.54) is 12.1 Å². The van der Waals surface area contributed by atoms with Crippen molar-refractivity contribution in [2.24, 2.45) is 0 Å². The highest BCUT2D eigenvalue weighted by molar-refractivity contribution is 5.94. The van der Waals surface area contributed by atoms with Crippen LogP contribution < -0.4 is 0 Å². The van der Waals surface area contributed by atoms with E-state index in [9.17, 15) is 9.18 Å². The van der Waals surface area contributed by atoms with Gasteiger partial charge in [0.15, 0.2) is 0 Å². The third-order valence-electron chi connectivity index (χ3n) is 4.25. The zero-order valence-corrected chi connectivity index (χ0v) is 12.6. The summed E-state index contributed by atoms with van der Waals surface area (Å²) in [5.74, 6) is 0.0875. The molecule has 1 fully saturated rings. The Hall–Kier alpha value is -2.69. The molecule has 0 N–H and O–H groups in total. The van der Waals surface area contributed by atoms with Gasteiger partial charge >= 0.3 is 0 Å². The number of likely N-dealkylation sites (tertiary alicyclic amines) is 1. The summed E-state index contributed by atoms with van der Waals surface area (Å²) in [6, 6.07) is 11.9. The van der Waals surface area contributed by atoms with Gasteiger partial charge in [0.05, 0.1) is 11.2 Å². The number of hydrogen-bond acceptors (Lipinski definition) is 2. The lowest BCUT2D eigenvalue weighted by Crippen LogP contribution is -2.29. The number of carbonyl (C=O) groups is 1. The van der Waals surface area contributed by atoms with E-state index in [1.807, 2.05) is 33.7 Å². The second-order valence-corrected chi connectivity index (χ2v) is 5.75. The largest absolute Gasteiger partial charge is 0.336 e. The molecule has 5 heteroatoms. The second kappa shape index (κ2) is 5.50. The van der Waals surface area contributed by atoms with E-state index in [-0.39, 0.29) is 11.7 Å². The molecule has 1 saturated heterocycles. The third-order valence-corrected chi connectivity index (χ3v) is 4.25. The molecule has 0 radical (unpaired) electrons. The fourth-order valence-electron chi connectivity index (χ4n) is 3.07. The fraction of sp³-hybridized carbons (Fsp3) is 0.222. The number of imidazole rings is 1. The van der Waals surface area contributed by atoms with E-state index >= 15 is 0 Å². The van der Waals surface area contributed by atoms with Crippen molar-refractivity contribution in [3.63, 3.8) is 0 Å². The number of halogens is 1. The average molecular weight is 309 g/mol. The average Bonchev–Trinajstić information content (AvgIpc) is 3.23. The zero-order chi connectivity index (χ0) is 15.8. The first-order valence-electron chi connectivity index (χ1n) is 7.76. The smallest absolute Gasteiger partial charge is 0.290 e. The second-order valence-electron chi connectivity index (χ2n) is 5.75. The van der Waals surface area contributed by atoms with Crippen molar-refractivity contribution in [1.29, 1.82) is 0 Å². The Kier molecular flexibility index (Phi) is 3.33. The number of carbonyl (C=O) groups excluding carboxylic acids is 1. The van der Waals surface area contributed by atoms with Crippen LogP contribution in [0.25, 0.3) is 16.8 Å². The standard InChI is InChI=1S/C18H16FN3O/c19-14-8-6-13(7-9-14)16-15-5-1-2-12-22(15)17(20-16)18(23)21-10-3-4-11-21/h1-2,5-9,12H,3-4,10-11H2. The van der Waals surface area contributed by atoms with E-state index in [4.69, 9.17) is 0 Å². The predicted octanol–water partition coefficient (Wildman–Crippen LogP) is 3.38. The molecular formula is C18H16FN3O. The topological polar surface area (TPSA) is 37.6 Å². The summed E-state index contributed by atoms with van der Waals surface area (Å²) in [5, 5.41) is 0. The van der Waals surface area contributed by atoms with Crippen LogP contribution in [0, 0.1) is 5.82 Å². The van der Waals surface area contributed by atoms with Crippen molar-refractivity contribution < 1.29 is 9.18 Å². The van der Waals surface area contributed by atoms with Crippen molar-refractivity contribution in [1.82, 2.24) is 14.3 Å². The van der Waals surface area contributed by atoms with Gasteiger partial charge in [0.1, 0.15) is 5.82 Å². The maximum absolute atomic E-state index is 13.2. The molecule has 1 aliphatic rings. The minimum absolute atomic E-state index is 0.0444. The molecule has 0 unspecified atom stereocenters. The Labute approximate surface area is 133 Å². The van der Waals surface area contributed by atoms with Crippen molar-refractivity contribution in [3.05, 3.63) is 60.3 Å². The normalized spacial score (nSPS) is 14.6. The first-order valence-corrected chi connectivity index (χ1v) is 7.76. The number of hydrogen-bond donors (Lipinski definition) is 0. The van der Waals surface area contributed by atoms with Gasteiger partial charge in [-0.25, -0.2) is 9.37 Å². The summed E-state index contributed by atoms with van der Waals surface area (Å²) in [4.78, 5) is 19.2. The van der Waals surface area contributed by atoms with Gasteiger partial charge in [0.2, 0.25) is 5.82 Å². The van der Waals surface area contributed by atoms with Gasteiger partial charge in [-0.15, -0.1) is 0 Å². The molecule has 0 atom stereocenters. The number of rotatable bonds is 2. The Balaban J connectivity index is 1.86. The van der Waals surface area contributed by atoms with Gasteiger partial charge in [-0.3, -0.25) is 9.20 Å². The Morgan fingerprint density at radius 2 is 1.78 bits per heavy atom. The lowest BCUT2D eigenvalue weighted by molar-refractivity contribution is 0.0780. The quantitative estimate of drug-likeness (QED) is 0.728. The van der Waals surface area contributed by atoms with Gasteiger partial charge in [0.25, 0.3) is 5.91 Å². The molecule has 0 bridgehead atoms. The van der Waals surface area contributed by atoms with Crippen molar-refractivity contribution in [3.8, 4) is 11.3 Å². The van der Waals surface area contributed by atoms with Gasteiger partial charge in [0, 0.05) is 24.8 Å². The number of pyridine rings is 1. The number of amides is 1. The highest BCUT2D eigenvalue weighted by Crippen LogP contribution is 2.26. The fourth-order valence-corrected chi connectivity index (χ4v) is 3.07. The summed E-state index contributed by atoms with van der Waals surface area (Å²) in [5.41, 5.74) is 2.35. The highest BCUT2D eigenvalue weighted by atomic mass is 19.1. The number of aromatic nitrogens is 2. The lowest BCUT2D eigenvalue weighted by Gasteiger charge is -2.13. The maximum Gasteiger partial charge on any atom is 0.290 e. The molecule has 0 aliphatic carbocycles. The molecule has 2 aromatic heterocycles. The van der Waals surface area contributed by atoms with Crippen LogP contribution in [0.4, 0.5) is 4.39 Å². The molecule has 116 valence electrons. The number of benzene rings is 1. The van der Waals surface area contributed by atoms with Gasteiger partial charge < -0.3 is 4.90 Å². The van der Waals surface area contributed by atoms with Crippen LogP contribution in [0.2, 0.25) is 0 Å². The van der Waals surface area contributed by atoms with Gasteiger partial charge in [-0.05, 0) is 49.2 Å². The predicted molar refractivity (Wildman–Crippen MR) is 85.7 cm³/mol. The van der Waals surface area contributed by atoms with Crippen LogP contribution >= 0.6 is 0 Å². The van der Waals surface area contributed by atoms with Crippen molar-refractivity contribution >= 4 is 11.4 Å². The molecule has 1 amide bonds. The van der Waals surface area contributed by atoms with Crippen molar-refractivity contribution in [2.45, 2.75) is 12.8 Å². The van der Waals surface area contributed by atoms with Gasteiger partial charge in [-0.2, -0.15) is 0 Å². The van der Waals surface area contributed by atoms with Crippen LogP contribution in [0.3, 0.4) is 0 Å². The first kappa shape index (κ1) is 13.9. The minimum Gasteiger partial charge on any atom is -0.336 e. The van der Waals surface area contributed by atoms with E-state index in [1.54, 1.807) is 12.1 Å². The summed E-state index contributed by atoms with van der Waals surface area (Å²) >= 11 is 0. The Morgan fingerprint density at radius 1 is 1.04 bits per heavy atom. The van der Waals surface area contributed by atoms with Gasteiger partial charge in [-0.1, -0.05) is 6.07 Å². The maximum atomic E-state index is 13.2. The molecule has 4 rings (SSSR count). The van der Waals surface area contributed by atoms with Crippen LogP contribution in [0.1, 0.15) is 23.5 Å². The van der Waals surface area contributed by atoms with E-state index in [2.05, 4.69) is 4.98 Å². The minimum atomic E-state index is -0.286. The highest BCUT2D eigenvalue weighted by Gasteiger charge is 2.25. The summed E-state index contributed by atoms with van der Waals surface area (Å²) in [6.45, 7) is 1.57. The van der Waals surface area contributed by atoms with Crippen LogP contribution in [-0.4, -0.2) is 33.3 Å².